The zero-order chi connectivity index (χ0) is 30.1. The summed E-state index contributed by atoms with van der Waals surface area (Å²) in [6.07, 6.45) is 0. The van der Waals surface area contributed by atoms with Crippen LogP contribution in [-0.2, 0) is 5.41 Å². The second-order valence-corrected chi connectivity index (χ2v) is 12.8. The van der Waals surface area contributed by atoms with Gasteiger partial charge in [-0.15, -0.1) is 0 Å². The molecule has 0 heterocycles. The van der Waals surface area contributed by atoms with E-state index in [4.69, 9.17) is 0 Å². The van der Waals surface area contributed by atoms with Gasteiger partial charge in [-0.25, -0.2) is 0 Å². The lowest BCUT2D eigenvalue weighted by molar-refractivity contribution is 0.662. The van der Waals surface area contributed by atoms with Crippen LogP contribution in [-0.4, -0.2) is 0 Å². The molecule has 45 heavy (non-hydrogen) atoms. The molecule has 9 rings (SSSR count). The molecule has 0 aliphatic heterocycles. The Hall–Kier alpha value is -5.46. The maximum atomic E-state index is 2.39. The SMILES string of the molecule is CC1(C)c2ccccc2-c2cccc(-c3c4ccccc4c(-c4ccc(-c5ccccc5)c5ccccc45)c4ccccc34)c21. The minimum absolute atomic E-state index is 0.104. The molecule has 0 N–H and O–H groups in total. The molecule has 0 unspecified atom stereocenters. The summed E-state index contributed by atoms with van der Waals surface area (Å²) in [4.78, 5) is 0. The van der Waals surface area contributed by atoms with Gasteiger partial charge in [-0.1, -0.05) is 172 Å². The standard InChI is InChI=1S/C45H32/c1-45(2)41-26-13-12-19-33(41)39-24-14-25-40(44(39)45)43-36-22-10-8-20-34(36)42(35-21-9-11-23-37(35)43)38-28-27-30(29-15-4-3-5-16-29)31-17-6-7-18-32(31)38/h3-28H,1-2H3. The van der Waals surface area contributed by atoms with Crippen LogP contribution in [0.5, 0.6) is 0 Å². The van der Waals surface area contributed by atoms with Crippen LogP contribution in [0.3, 0.4) is 0 Å². The van der Waals surface area contributed by atoms with Gasteiger partial charge in [0.15, 0.2) is 0 Å². The number of hydrogen-bond acceptors (Lipinski definition) is 0. The van der Waals surface area contributed by atoms with Crippen molar-refractivity contribution in [3.05, 3.63) is 169 Å². The predicted octanol–water partition coefficient (Wildman–Crippen LogP) is 12.5. The van der Waals surface area contributed by atoms with E-state index in [2.05, 4.69) is 172 Å². The Bertz CT molecular complexity index is 2390. The second kappa shape index (κ2) is 9.78. The van der Waals surface area contributed by atoms with Crippen LogP contribution < -0.4 is 0 Å². The van der Waals surface area contributed by atoms with Gasteiger partial charge in [0.05, 0.1) is 0 Å². The molecule has 0 nitrogen and oxygen atoms in total. The van der Waals surface area contributed by atoms with Crippen LogP contribution in [0, 0.1) is 0 Å². The Morgan fingerprint density at radius 3 is 1.40 bits per heavy atom. The largest absolute Gasteiger partial charge is 0.0622 e. The third-order valence-electron chi connectivity index (χ3n) is 10.1. The van der Waals surface area contributed by atoms with Gasteiger partial charge < -0.3 is 0 Å². The summed E-state index contributed by atoms with van der Waals surface area (Å²) in [5, 5.41) is 7.72. The lowest BCUT2D eigenvalue weighted by Gasteiger charge is -2.26. The first-order chi connectivity index (χ1) is 22.1. The molecule has 0 amide bonds. The summed E-state index contributed by atoms with van der Waals surface area (Å²) in [7, 11) is 0. The van der Waals surface area contributed by atoms with Crippen molar-refractivity contribution in [1.29, 1.82) is 0 Å². The quantitative estimate of drug-likeness (QED) is 0.185. The highest BCUT2D eigenvalue weighted by molar-refractivity contribution is 6.24. The molecule has 0 fully saturated rings. The minimum Gasteiger partial charge on any atom is -0.0622 e. The second-order valence-electron chi connectivity index (χ2n) is 12.8. The van der Waals surface area contributed by atoms with E-state index in [9.17, 15) is 0 Å². The van der Waals surface area contributed by atoms with Crippen molar-refractivity contribution in [1.82, 2.24) is 0 Å². The maximum Gasteiger partial charge on any atom is 0.0165 e. The van der Waals surface area contributed by atoms with Crippen molar-refractivity contribution < 1.29 is 0 Å². The van der Waals surface area contributed by atoms with E-state index in [0.29, 0.717) is 0 Å². The smallest absolute Gasteiger partial charge is 0.0165 e. The first kappa shape index (κ1) is 26.0. The summed E-state index contributed by atoms with van der Waals surface area (Å²) in [5.74, 6) is 0. The summed E-state index contributed by atoms with van der Waals surface area (Å²) >= 11 is 0. The van der Waals surface area contributed by atoms with Gasteiger partial charge in [-0.3, -0.25) is 0 Å². The summed E-state index contributed by atoms with van der Waals surface area (Å²) in [6, 6.07) is 58.2. The first-order valence-electron chi connectivity index (χ1n) is 15.9. The summed E-state index contributed by atoms with van der Waals surface area (Å²) < 4.78 is 0. The highest BCUT2D eigenvalue weighted by atomic mass is 14.4. The third kappa shape index (κ3) is 3.72. The van der Waals surface area contributed by atoms with Gasteiger partial charge in [0.25, 0.3) is 0 Å². The zero-order valence-corrected chi connectivity index (χ0v) is 25.5. The third-order valence-corrected chi connectivity index (χ3v) is 10.1. The Kier molecular flexibility index (Phi) is 5.64. The van der Waals surface area contributed by atoms with Gasteiger partial charge in [-0.2, -0.15) is 0 Å². The molecule has 212 valence electrons. The Morgan fingerprint density at radius 1 is 0.311 bits per heavy atom. The van der Waals surface area contributed by atoms with E-state index in [1.807, 2.05) is 0 Å². The summed E-state index contributed by atoms with van der Waals surface area (Å²) in [6.45, 7) is 4.78. The van der Waals surface area contributed by atoms with Gasteiger partial charge >= 0.3 is 0 Å². The molecular formula is C45H32. The molecule has 0 saturated carbocycles. The average molecular weight is 573 g/mol. The molecule has 0 bridgehead atoms. The van der Waals surface area contributed by atoms with Crippen molar-refractivity contribution in [3.8, 4) is 44.5 Å². The predicted molar refractivity (Wildman–Crippen MR) is 193 cm³/mol. The van der Waals surface area contributed by atoms with E-state index >= 15 is 0 Å². The number of hydrogen-bond donors (Lipinski definition) is 0. The van der Waals surface area contributed by atoms with E-state index < -0.39 is 0 Å². The van der Waals surface area contributed by atoms with Crippen molar-refractivity contribution in [2.24, 2.45) is 0 Å². The Balaban J connectivity index is 1.39. The number of benzene rings is 8. The van der Waals surface area contributed by atoms with Gasteiger partial charge in [-0.05, 0) is 88.0 Å². The molecular weight excluding hydrogens is 540 g/mol. The zero-order valence-electron chi connectivity index (χ0n) is 25.5. The van der Waals surface area contributed by atoms with Crippen molar-refractivity contribution >= 4 is 32.3 Å². The monoisotopic (exact) mass is 572 g/mol. The average Bonchev–Trinajstić information content (AvgIpc) is 3.34. The summed E-state index contributed by atoms with van der Waals surface area (Å²) in [5.41, 5.74) is 13.2. The van der Waals surface area contributed by atoms with E-state index in [0.717, 1.165) is 0 Å². The van der Waals surface area contributed by atoms with Crippen LogP contribution in [0.15, 0.2) is 158 Å². The highest BCUT2D eigenvalue weighted by Gasteiger charge is 2.37. The molecule has 0 spiro atoms. The lowest BCUT2D eigenvalue weighted by atomic mass is 9.76. The topological polar surface area (TPSA) is 0 Å². The van der Waals surface area contributed by atoms with Crippen LogP contribution in [0.1, 0.15) is 25.0 Å². The molecule has 0 radical (unpaired) electrons. The molecule has 1 aliphatic rings. The van der Waals surface area contributed by atoms with Gasteiger partial charge in [0.1, 0.15) is 0 Å². The van der Waals surface area contributed by atoms with Crippen LogP contribution >= 0.6 is 0 Å². The molecule has 8 aromatic carbocycles. The van der Waals surface area contributed by atoms with Gasteiger partial charge in [0.2, 0.25) is 0 Å². The maximum absolute atomic E-state index is 2.39. The van der Waals surface area contributed by atoms with Crippen LogP contribution in [0.25, 0.3) is 76.8 Å². The molecule has 0 heteroatoms. The van der Waals surface area contributed by atoms with Crippen molar-refractivity contribution in [2.75, 3.05) is 0 Å². The number of rotatable bonds is 3. The Morgan fingerprint density at radius 2 is 0.756 bits per heavy atom. The first-order valence-corrected chi connectivity index (χ1v) is 15.9. The fourth-order valence-electron chi connectivity index (χ4n) is 8.15. The van der Waals surface area contributed by atoms with Crippen LogP contribution in [0.2, 0.25) is 0 Å². The minimum atomic E-state index is -0.104. The molecule has 0 atom stereocenters. The van der Waals surface area contributed by atoms with Crippen molar-refractivity contribution in [2.45, 2.75) is 19.3 Å². The normalized spacial score (nSPS) is 13.3. The van der Waals surface area contributed by atoms with E-state index in [1.54, 1.807) is 0 Å². The lowest BCUT2D eigenvalue weighted by Crippen LogP contribution is -2.16. The van der Waals surface area contributed by atoms with Crippen molar-refractivity contribution in [3.63, 3.8) is 0 Å². The molecule has 0 aromatic heterocycles. The molecule has 0 saturated heterocycles. The van der Waals surface area contributed by atoms with Gasteiger partial charge in [0, 0.05) is 5.41 Å². The molecule has 1 aliphatic carbocycles. The Labute approximate surface area is 264 Å². The number of fused-ring (bicyclic) bond motifs is 6. The van der Waals surface area contributed by atoms with Crippen LogP contribution in [0.4, 0.5) is 0 Å². The van der Waals surface area contributed by atoms with E-state index in [-0.39, 0.29) is 5.41 Å². The fourth-order valence-corrected chi connectivity index (χ4v) is 8.15. The van der Waals surface area contributed by atoms with E-state index in [1.165, 1.54) is 88.0 Å². The highest BCUT2D eigenvalue weighted by Crippen LogP contribution is 2.54. The fraction of sp³-hybridized carbons (Fsp3) is 0.0667. The molecule has 8 aromatic rings.